The van der Waals surface area contributed by atoms with E-state index in [1.54, 1.807) is 33.1 Å². The van der Waals surface area contributed by atoms with Crippen molar-refractivity contribution in [3.05, 3.63) is 24.3 Å². The first-order valence-corrected chi connectivity index (χ1v) is 7.04. The summed E-state index contributed by atoms with van der Waals surface area (Å²) in [5, 5.41) is 5.44. The molecular formula is C14H19BrN2O3. The van der Waals surface area contributed by atoms with Gasteiger partial charge in [-0.3, -0.25) is 9.59 Å². The number of carbonyl (C=O) groups excluding carboxylic acids is 2. The number of hydrogen-bond acceptors (Lipinski definition) is 3. The maximum atomic E-state index is 11.8. The molecule has 0 aromatic heterocycles. The third-order valence-corrected chi connectivity index (χ3v) is 2.92. The molecule has 0 unspecified atom stereocenters. The lowest BCUT2D eigenvalue weighted by molar-refractivity contribution is -0.122. The molecule has 0 saturated carbocycles. The Morgan fingerprint density at radius 1 is 1.30 bits per heavy atom. The molecule has 0 aliphatic heterocycles. The highest BCUT2D eigenvalue weighted by Crippen LogP contribution is 2.23. The van der Waals surface area contributed by atoms with Gasteiger partial charge >= 0.3 is 0 Å². The molecule has 0 aliphatic carbocycles. The minimum atomic E-state index is -0.633. The number of nitrogens with one attached hydrogen (secondary N) is 2. The van der Waals surface area contributed by atoms with Gasteiger partial charge in [-0.15, -0.1) is 0 Å². The van der Waals surface area contributed by atoms with Crippen LogP contribution in [0.4, 0.5) is 5.69 Å². The van der Waals surface area contributed by atoms with Gasteiger partial charge in [-0.25, -0.2) is 0 Å². The average Bonchev–Trinajstić information content (AvgIpc) is 2.38. The van der Waals surface area contributed by atoms with Crippen LogP contribution in [0.5, 0.6) is 5.75 Å². The van der Waals surface area contributed by atoms with Crippen molar-refractivity contribution in [3.8, 4) is 5.75 Å². The van der Waals surface area contributed by atoms with Gasteiger partial charge in [0.2, 0.25) is 11.8 Å². The monoisotopic (exact) mass is 342 g/mol. The quantitative estimate of drug-likeness (QED) is 0.779. The number of halogens is 1. The molecule has 6 heteroatoms. The third-order valence-electron chi connectivity index (χ3n) is 2.56. The highest BCUT2D eigenvalue weighted by atomic mass is 79.9. The fourth-order valence-corrected chi connectivity index (χ4v) is 1.60. The van der Waals surface area contributed by atoms with Gasteiger partial charge in [0, 0.05) is 13.0 Å². The maximum Gasteiger partial charge on any atom is 0.236 e. The van der Waals surface area contributed by atoms with Crippen molar-refractivity contribution in [2.75, 3.05) is 19.0 Å². The lowest BCUT2D eigenvalue weighted by Crippen LogP contribution is -2.38. The Kier molecular flexibility index (Phi) is 6.01. The van der Waals surface area contributed by atoms with E-state index in [0.717, 1.165) is 0 Å². The number of para-hydroxylation sites is 2. The Labute approximate surface area is 127 Å². The van der Waals surface area contributed by atoms with Crippen molar-refractivity contribution in [1.82, 2.24) is 5.32 Å². The highest BCUT2D eigenvalue weighted by molar-refractivity contribution is 9.10. The molecule has 110 valence electrons. The predicted molar refractivity (Wildman–Crippen MR) is 82.3 cm³/mol. The summed E-state index contributed by atoms with van der Waals surface area (Å²) < 4.78 is 4.51. The number of benzene rings is 1. The molecule has 0 aliphatic rings. The normalized spacial score (nSPS) is 10.8. The first-order valence-electron chi connectivity index (χ1n) is 6.24. The molecule has 0 atom stereocenters. The number of hydrogen-bond donors (Lipinski definition) is 2. The largest absolute Gasteiger partial charge is 0.495 e. The minimum Gasteiger partial charge on any atom is -0.495 e. The number of alkyl halides is 1. The Bertz CT molecular complexity index is 484. The molecule has 0 fully saturated rings. The average molecular weight is 343 g/mol. The fourth-order valence-electron chi connectivity index (χ4n) is 1.46. The summed E-state index contributed by atoms with van der Waals surface area (Å²) in [7, 11) is 1.54. The minimum absolute atomic E-state index is 0.150. The van der Waals surface area contributed by atoms with Crippen molar-refractivity contribution in [3.63, 3.8) is 0 Å². The lowest BCUT2D eigenvalue weighted by atomic mass is 10.2. The Morgan fingerprint density at radius 3 is 2.55 bits per heavy atom. The molecule has 0 radical (unpaired) electrons. The van der Waals surface area contributed by atoms with E-state index < -0.39 is 4.32 Å². The molecule has 5 nitrogen and oxygen atoms in total. The SMILES string of the molecule is COc1ccccc1NC(=O)CCNC(=O)C(C)(C)Br. The maximum absolute atomic E-state index is 11.8. The van der Waals surface area contributed by atoms with E-state index in [4.69, 9.17) is 4.74 Å². The number of methoxy groups -OCH3 is 1. The van der Waals surface area contributed by atoms with Crippen molar-refractivity contribution < 1.29 is 14.3 Å². The summed E-state index contributed by atoms with van der Waals surface area (Å²) in [4.78, 5) is 23.4. The second-order valence-corrected chi connectivity index (χ2v) is 6.71. The second kappa shape index (κ2) is 7.28. The molecule has 2 N–H and O–H groups in total. The van der Waals surface area contributed by atoms with Crippen LogP contribution >= 0.6 is 15.9 Å². The van der Waals surface area contributed by atoms with Crippen LogP contribution in [0.25, 0.3) is 0 Å². The molecule has 2 amide bonds. The molecule has 0 saturated heterocycles. The molecule has 1 aromatic carbocycles. The molecule has 0 heterocycles. The van der Waals surface area contributed by atoms with E-state index >= 15 is 0 Å². The Balaban J connectivity index is 2.43. The lowest BCUT2D eigenvalue weighted by Gasteiger charge is -2.15. The molecule has 1 aromatic rings. The van der Waals surface area contributed by atoms with Crippen LogP contribution in [0.15, 0.2) is 24.3 Å². The summed E-state index contributed by atoms with van der Waals surface area (Å²) >= 11 is 3.25. The van der Waals surface area contributed by atoms with Crippen LogP contribution in [-0.2, 0) is 9.59 Å². The smallest absolute Gasteiger partial charge is 0.236 e. The summed E-state index contributed by atoms with van der Waals surface area (Å²) in [6, 6.07) is 7.17. The van der Waals surface area contributed by atoms with E-state index in [-0.39, 0.29) is 24.8 Å². The fraction of sp³-hybridized carbons (Fsp3) is 0.429. The van der Waals surface area contributed by atoms with Gasteiger partial charge in [-0.05, 0) is 26.0 Å². The predicted octanol–water partition coefficient (Wildman–Crippen LogP) is 2.31. The number of amides is 2. The number of ether oxygens (including phenoxy) is 1. The molecule has 0 spiro atoms. The summed E-state index contributed by atoms with van der Waals surface area (Å²) in [5.41, 5.74) is 0.618. The van der Waals surface area contributed by atoms with E-state index in [9.17, 15) is 9.59 Å². The van der Waals surface area contributed by atoms with Crippen molar-refractivity contribution in [2.45, 2.75) is 24.6 Å². The van der Waals surface area contributed by atoms with Crippen LogP contribution in [0.2, 0.25) is 0 Å². The molecule has 0 bridgehead atoms. The van der Waals surface area contributed by atoms with Crippen molar-refractivity contribution in [2.24, 2.45) is 0 Å². The zero-order chi connectivity index (χ0) is 15.2. The first kappa shape index (κ1) is 16.5. The summed E-state index contributed by atoms with van der Waals surface area (Å²) in [5.74, 6) is 0.274. The van der Waals surface area contributed by atoms with E-state index in [1.165, 1.54) is 0 Å². The topological polar surface area (TPSA) is 67.4 Å². The first-order chi connectivity index (χ1) is 9.34. The zero-order valence-corrected chi connectivity index (χ0v) is 13.4. The highest BCUT2D eigenvalue weighted by Gasteiger charge is 2.22. The van der Waals surface area contributed by atoms with Gasteiger partial charge in [0.05, 0.1) is 17.1 Å². The van der Waals surface area contributed by atoms with E-state index in [2.05, 4.69) is 26.6 Å². The zero-order valence-electron chi connectivity index (χ0n) is 11.8. The Hall–Kier alpha value is -1.56. The Morgan fingerprint density at radius 2 is 1.95 bits per heavy atom. The van der Waals surface area contributed by atoms with Crippen LogP contribution in [-0.4, -0.2) is 29.8 Å². The van der Waals surface area contributed by atoms with E-state index in [0.29, 0.717) is 11.4 Å². The molecule has 20 heavy (non-hydrogen) atoms. The van der Waals surface area contributed by atoms with Crippen LogP contribution in [0.3, 0.4) is 0 Å². The summed E-state index contributed by atoms with van der Waals surface area (Å²) in [6.45, 7) is 3.78. The van der Waals surface area contributed by atoms with Gasteiger partial charge in [0.15, 0.2) is 0 Å². The second-order valence-electron chi connectivity index (χ2n) is 4.73. The van der Waals surface area contributed by atoms with Crippen molar-refractivity contribution in [1.29, 1.82) is 0 Å². The van der Waals surface area contributed by atoms with Crippen LogP contribution in [0.1, 0.15) is 20.3 Å². The van der Waals surface area contributed by atoms with Gasteiger partial charge in [0.25, 0.3) is 0 Å². The van der Waals surface area contributed by atoms with Crippen LogP contribution in [0, 0.1) is 0 Å². The molecular weight excluding hydrogens is 324 g/mol. The number of rotatable bonds is 6. The van der Waals surface area contributed by atoms with Gasteiger partial charge in [-0.1, -0.05) is 28.1 Å². The number of anilines is 1. The summed E-state index contributed by atoms with van der Waals surface area (Å²) in [6.07, 6.45) is 0.201. The third kappa shape index (κ3) is 5.21. The number of carbonyl (C=O) groups is 2. The molecule has 1 rings (SSSR count). The standard InChI is InChI=1S/C14H19BrN2O3/c1-14(2,15)13(19)16-9-8-12(18)17-10-6-4-5-7-11(10)20-3/h4-7H,8-9H2,1-3H3,(H,16,19)(H,17,18). The van der Waals surface area contributed by atoms with Crippen LogP contribution < -0.4 is 15.4 Å². The van der Waals surface area contributed by atoms with Gasteiger partial charge < -0.3 is 15.4 Å². The van der Waals surface area contributed by atoms with Crippen molar-refractivity contribution >= 4 is 33.4 Å². The van der Waals surface area contributed by atoms with Gasteiger partial charge in [-0.2, -0.15) is 0 Å². The van der Waals surface area contributed by atoms with E-state index in [1.807, 2.05) is 12.1 Å². The van der Waals surface area contributed by atoms with Gasteiger partial charge in [0.1, 0.15) is 5.75 Å².